The maximum absolute atomic E-state index is 15.1. The van der Waals surface area contributed by atoms with E-state index in [2.05, 4.69) is 33.9 Å². The number of nitrogens with zero attached hydrogens (tertiary/aromatic N) is 2. The molecule has 0 aliphatic carbocycles. The van der Waals surface area contributed by atoms with Crippen molar-refractivity contribution in [3.8, 4) is 0 Å². The third-order valence-corrected chi connectivity index (χ3v) is 6.31. The van der Waals surface area contributed by atoms with Crippen molar-refractivity contribution in [3.05, 3.63) is 24.0 Å². The van der Waals surface area contributed by atoms with E-state index in [1.54, 1.807) is 12.1 Å². The van der Waals surface area contributed by atoms with Gasteiger partial charge in [-0.1, -0.05) is 20.8 Å². The Morgan fingerprint density at radius 3 is 2.61 bits per heavy atom. The molecule has 2 saturated heterocycles. The maximum atomic E-state index is 15.1. The summed E-state index contributed by atoms with van der Waals surface area (Å²) in [6.07, 6.45) is -0.322. The fourth-order valence-electron chi connectivity index (χ4n) is 4.05. The predicted molar refractivity (Wildman–Crippen MR) is 110 cm³/mol. The van der Waals surface area contributed by atoms with E-state index in [0.29, 0.717) is 17.3 Å². The number of ether oxygens (including phenoxy) is 1. The number of rotatable bonds is 5. The Morgan fingerprint density at radius 1 is 1.36 bits per heavy atom. The van der Waals surface area contributed by atoms with Gasteiger partial charge in [0.05, 0.1) is 24.5 Å². The first kappa shape index (κ1) is 21.1. The van der Waals surface area contributed by atoms with E-state index in [1.165, 1.54) is 11.0 Å². The van der Waals surface area contributed by atoms with Gasteiger partial charge in [-0.15, -0.1) is 0 Å². The molecule has 2 fully saturated rings. The molecule has 0 aromatic heterocycles. The predicted octanol–water partition coefficient (Wildman–Crippen LogP) is 3.34. The summed E-state index contributed by atoms with van der Waals surface area (Å²) in [6.45, 7) is 11.6. The average molecular weight is 411 g/mol. The molecule has 2 heterocycles. The van der Waals surface area contributed by atoms with Gasteiger partial charge in [0.25, 0.3) is 0 Å². The number of amides is 1. The van der Waals surface area contributed by atoms with Crippen molar-refractivity contribution in [3.63, 3.8) is 0 Å². The van der Waals surface area contributed by atoms with Crippen molar-refractivity contribution in [2.45, 2.75) is 52.6 Å². The molecule has 3 atom stereocenters. The molecule has 0 radical (unpaired) electrons. The summed E-state index contributed by atoms with van der Waals surface area (Å²) in [5.74, 6) is -0.0633. The van der Waals surface area contributed by atoms with Crippen molar-refractivity contribution in [1.29, 1.82) is 0 Å². The lowest BCUT2D eigenvalue weighted by atomic mass is 9.79. The Morgan fingerprint density at radius 2 is 2.07 bits per heavy atom. The largest absolute Gasteiger partial charge is 0.441 e. The van der Waals surface area contributed by atoms with Crippen LogP contribution in [0.3, 0.4) is 0 Å². The van der Waals surface area contributed by atoms with Crippen LogP contribution in [0.5, 0.6) is 0 Å². The van der Waals surface area contributed by atoms with E-state index in [1.807, 2.05) is 4.90 Å². The highest BCUT2D eigenvalue weighted by Gasteiger charge is 2.43. The van der Waals surface area contributed by atoms with E-state index >= 15 is 4.39 Å². The van der Waals surface area contributed by atoms with Gasteiger partial charge in [-0.05, 0) is 43.1 Å². The van der Waals surface area contributed by atoms with Gasteiger partial charge in [-0.3, -0.25) is 4.90 Å². The molecule has 1 amide bonds. The average Bonchev–Trinajstić information content (AvgIpc) is 3.17. The van der Waals surface area contributed by atoms with E-state index in [-0.39, 0.29) is 30.6 Å². The number of cyclic esters (lactones) is 1. The Hall–Kier alpha value is -1.64. The Bertz CT molecular complexity index is 725. The second-order valence-corrected chi connectivity index (χ2v) is 11.3. The summed E-state index contributed by atoms with van der Waals surface area (Å²) in [5.41, 5.74) is 1.00. The summed E-state index contributed by atoms with van der Waals surface area (Å²) in [7, 11) is -1.32. The molecule has 156 valence electrons. The monoisotopic (exact) mass is 410 g/mol. The second-order valence-electron chi connectivity index (χ2n) is 8.96. The first-order valence-corrected chi connectivity index (χ1v) is 12.7. The number of anilines is 2. The number of carbonyl (C=O) groups excluding carboxylic acids is 1. The van der Waals surface area contributed by atoms with Gasteiger partial charge < -0.3 is 19.2 Å². The van der Waals surface area contributed by atoms with E-state index in [9.17, 15) is 9.90 Å². The van der Waals surface area contributed by atoms with Crippen LogP contribution in [0, 0.1) is 17.2 Å². The number of aliphatic hydroxyl groups excluding tert-OH is 1. The van der Waals surface area contributed by atoms with Crippen molar-refractivity contribution >= 4 is 26.5 Å². The number of hydrogen-bond donors (Lipinski definition) is 1. The molecule has 1 aromatic rings. The highest BCUT2D eigenvalue weighted by molar-refractivity contribution is 6.48. The van der Waals surface area contributed by atoms with Crippen LogP contribution >= 0.6 is 0 Å². The SMILES string of the molecule is C[SiH](C)OC1[C@@H](C(C)(C)C)CCN1c1ccc(N2CC(CO)OC2=O)cc1F. The van der Waals surface area contributed by atoms with E-state index < -0.39 is 21.2 Å². The summed E-state index contributed by atoms with van der Waals surface area (Å²) in [5, 5.41) is 9.19. The molecule has 1 N–H and O–H groups in total. The third-order valence-electron chi connectivity index (χ3n) is 5.49. The Balaban J connectivity index is 1.86. The lowest BCUT2D eigenvalue weighted by Gasteiger charge is -2.37. The van der Waals surface area contributed by atoms with Crippen molar-refractivity contribution < 1.29 is 23.5 Å². The van der Waals surface area contributed by atoms with Crippen LogP contribution in [0.1, 0.15) is 27.2 Å². The van der Waals surface area contributed by atoms with Crippen LogP contribution in [-0.4, -0.2) is 52.3 Å². The lowest BCUT2D eigenvalue weighted by Crippen LogP contribution is -2.42. The van der Waals surface area contributed by atoms with Gasteiger partial charge in [-0.2, -0.15) is 0 Å². The highest BCUT2D eigenvalue weighted by Crippen LogP contribution is 2.42. The van der Waals surface area contributed by atoms with Crippen LogP contribution in [0.15, 0.2) is 18.2 Å². The zero-order chi connectivity index (χ0) is 20.6. The van der Waals surface area contributed by atoms with Crippen LogP contribution in [-0.2, 0) is 9.16 Å². The molecule has 0 saturated carbocycles. The summed E-state index contributed by atoms with van der Waals surface area (Å²) >= 11 is 0. The molecule has 2 aliphatic heterocycles. The van der Waals surface area contributed by atoms with Crippen molar-refractivity contribution in [2.24, 2.45) is 11.3 Å². The first-order valence-electron chi connectivity index (χ1n) is 9.92. The fraction of sp³-hybridized carbons (Fsp3) is 0.650. The molecule has 2 aliphatic rings. The highest BCUT2D eigenvalue weighted by atomic mass is 28.3. The van der Waals surface area contributed by atoms with E-state index in [0.717, 1.165) is 13.0 Å². The van der Waals surface area contributed by atoms with Crippen LogP contribution in [0.25, 0.3) is 0 Å². The van der Waals surface area contributed by atoms with Crippen LogP contribution in [0.4, 0.5) is 20.6 Å². The fourth-order valence-corrected chi connectivity index (χ4v) is 4.95. The zero-order valence-corrected chi connectivity index (χ0v) is 18.5. The Kier molecular flexibility index (Phi) is 6.02. The molecule has 3 rings (SSSR count). The van der Waals surface area contributed by atoms with Crippen molar-refractivity contribution in [2.75, 3.05) is 29.5 Å². The second kappa shape index (κ2) is 8.00. The molecule has 6 nitrogen and oxygen atoms in total. The topological polar surface area (TPSA) is 62.2 Å². The quantitative estimate of drug-likeness (QED) is 0.755. The zero-order valence-electron chi connectivity index (χ0n) is 17.3. The summed E-state index contributed by atoms with van der Waals surface area (Å²) in [4.78, 5) is 15.3. The van der Waals surface area contributed by atoms with Gasteiger partial charge in [0, 0.05) is 12.5 Å². The van der Waals surface area contributed by atoms with Crippen molar-refractivity contribution in [1.82, 2.24) is 0 Å². The summed E-state index contributed by atoms with van der Waals surface area (Å²) < 4.78 is 26.5. The minimum atomic E-state index is -1.32. The minimum Gasteiger partial charge on any atom is -0.441 e. The smallest absolute Gasteiger partial charge is 0.414 e. The van der Waals surface area contributed by atoms with Crippen LogP contribution < -0.4 is 9.80 Å². The number of carbonyl (C=O) groups is 1. The number of hydrogen-bond acceptors (Lipinski definition) is 5. The molecule has 1 aromatic carbocycles. The van der Waals surface area contributed by atoms with Gasteiger partial charge >= 0.3 is 6.09 Å². The number of benzene rings is 1. The van der Waals surface area contributed by atoms with Crippen LogP contribution in [0.2, 0.25) is 13.1 Å². The van der Waals surface area contributed by atoms with Gasteiger partial charge in [0.1, 0.15) is 18.1 Å². The standard InChI is InChI=1S/C20H31FN2O4Si/c1-20(2,3)15-8-9-22(18(15)27-28(4)5)17-7-6-13(10-16(17)21)23-11-14(12-24)26-19(23)25/h6-7,10,14-15,18,24,28H,8-9,11-12H2,1-5H3/t14?,15-,18?/m0/s1. The van der Waals surface area contributed by atoms with Gasteiger partial charge in [-0.25, -0.2) is 9.18 Å². The maximum Gasteiger partial charge on any atom is 0.414 e. The van der Waals surface area contributed by atoms with Gasteiger partial charge in [0.15, 0.2) is 9.04 Å². The Labute approximate surface area is 167 Å². The third kappa shape index (κ3) is 4.18. The molecular formula is C20H31FN2O4Si. The summed E-state index contributed by atoms with van der Waals surface area (Å²) in [6, 6.07) is 4.81. The minimum absolute atomic E-state index is 0.0672. The molecule has 0 spiro atoms. The first-order chi connectivity index (χ1) is 13.1. The lowest BCUT2D eigenvalue weighted by molar-refractivity contribution is 0.0884. The molecule has 2 unspecified atom stereocenters. The number of aliphatic hydroxyl groups is 1. The normalized spacial score (nSPS) is 25.7. The molecule has 0 bridgehead atoms. The number of halogens is 1. The molecule has 28 heavy (non-hydrogen) atoms. The van der Waals surface area contributed by atoms with Gasteiger partial charge in [0.2, 0.25) is 0 Å². The van der Waals surface area contributed by atoms with E-state index in [4.69, 9.17) is 9.16 Å². The molecular weight excluding hydrogens is 379 g/mol. The molecule has 8 heteroatoms.